The number of anilines is 1. The molecule has 1 aromatic rings. The van der Waals surface area contributed by atoms with Crippen LogP contribution in [-0.2, 0) is 15.9 Å². The molecule has 5 nitrogen and oxygen atoms in total. The summed E-state index contributed by atoms with van der Waals surface area (Å²) in [5, 5.41) is 0. The van der Waals surface area contributed by atoms with Gasteiger partial charge in [0.25, 0.3) is 10.1 Å². The Morgan fingerprint density at radius 3 is 2.64 bits per heavy atom. The van der Waals surface area contributed by atoms with Crippen molar-refractivity contribution in [3.05, 3.63) is 23.8 Å². The molecule has 1 aromatic carbocycles. The molecule has 0 aromatic heterocycles. The second kappa shape index (κ2) is 3.85. The van der Waals surface area contributed by atoms with Gasteiger partial charge in [0.2, 0.25) is 0 Å². The summed E-state index contributed by atoms with van der Waals surface area (Å²) in [7, 11) is -2.64. The van der Waals surface area contributed by atoms with E-state index in [0.717, 1.165) is 0 Å². The molecule has 3 N–H and O–H groups in total. The Bertz CT molecular complexity index is 427. The first kappa shape index (κ1) is 10.8. The Morgan fingerprint density at radius 2 is 2.14 bits per heavy atom. The maximum atomic E-state index is 10.6. The number of nitrogen functional groups attached to an aromatic ring is 1. The number of benzene rings is 1. The van der Waals surface area contributed by atoms with E-state index < -0.39 is 15.9 Å². The van der Waals surface area contributed by atoms with Crippen molar-refractivity contribution in [1.82, 2.24) is 0 Å². The van der Waals surface area contributed by atoms with Gasteiger partial charge in [-0.3, -0.25) is 4.55 Å². The first-order valence-corrected chi connectivity index (χ1v) is 5.41. The van der Waals surface area contributed by atoms with Gasteiger partial charge in [-0.1, -0.05) is 6.07 Å². The molecule has 1 rings (SSSR count). The van der Waals surface area contributed by atoms with Crippen molar-refractivity contribution in [2.24, 2.45) is 0 Å². The minimum absolute atomic E-state index is 0.350. The van der Waals surface area contributed by atoms with Crippen molar-refractivity contribution in [2.45, 2.75) is 5.75 Å². The molecule has 14 heavy (non-hydrogen) atoms. The van der Waals surface area contributed by atoms with E-state index in [1.54, 1.807) is 6.07 Å². The summed E-state index contributed by atoms with van der Waals surface area (Å²) < 4.78 is 34.8. The lowest BCUT2D eigenvalue weighted by Gasteiger charge is -2.07. The lowest BCUT2D eigenvalue weighted by atomic mass is 10.2. The van der Waals surface area contributed by atoms with Crippen molar-refractivity contribution in [2.75, 3.05) is 12.8 Å². The normalized spacial score (nSPS) is 11.3. The van der Waals surface area contributed by atoms with Crippen molar-refractivity contribution < 1.29 is 17.7 Å². The van der Waals surface area contributed by atoms with Crippen LogP contribution < -0.4 is 10.5 Å². The van der Waals surface area contributed by atoms with E-state index in [0.29, 0.717) is 17.0 Å². The molecule has 0 fully saturated rings. The van der Waals surface area contributed by atoms with E-state index >= 15 is 0 Å². The molecule has 0 unspecified atom stereocenters. The third-order valence-corrected chi connectivity index (χ3v) is 2.32. The summed E-state index contributed by atoms with van der Waals surface area (Å²) in [6, 6.07) is 4.55. The zero-order valence-electron chi connectivity index (χ0n) is 7.60. The van der Waals surface area contributed by atoms with Crippen LogP contribution >= 0.6 is 0 Å². The average molecular weight is 217 g/mol. The topological polar surface area (TPSA) is 89.6 Å². The standard InChI is InChI=1S/C8H11NO4S/c1-13-8-4-7(9)3-2-6(8)5-14(10,11)12/h2-4H,5,9H2,1H3,(H,10,11,12). The van der Waals surface area contributed by atoms with Gasteiger partial charge in [-0.15, -0.1) is 0 Å². The van der Waals surface area contributed by atoms with Crippen LogP contribution in [0.5, 0.6) is 5.75 Å². The van der Waals surface area contributed by atoms with E-state index in [4.69, 9.17) is 15.0 Å². The van der Waals surface area contributed by atoms with Crippen molar-refractivity contribution in [3.8, 4) is 5.75 Å². The molecule has 0 atom stereocenters. The summed E-state index contributed by atoms with van der Waals surface area (Å²) >= 11 is 0. The van der Waals surface area contributed by atoms with Gasteiger partial charge in [0, 0.05) is 17.3 Å². The molecule has 0 amide bonds. The second-order valence-corrected chi connectivity index (χ2v) is 4.25. The summed E-state index contributed by atoms with van der Waals surface area (Å²) in [5.74, 6) is -0.126. The van der Waals surface area contributed by atoms with E-state index in [9.17, 15) is 8.42 Å². The van der Waals surface area contributed by atoms with E-state index in [-0.39, 0.29) is 0 Å². The molecule has 0 aliphatic heterocycles. The molecule has 0 heterocycles. The van der Waals surface area contributed by atoms with Crippen LogP contribution in [-0.4, -0.2) is 20.1 Å². The Hall–Kier alpha value is -1.27. The number of ether oxygens (including phenoxy) is 1. The van der Waals surface area contributed by atoms with Crippen LogP contribution in [0.25, 0.3) is 0 Å². The second-order valence-electron chi connectivity index (χ2n) is 2.80. The first-order valence-electron chi connectivity index (χ1n) is 3.80. The van der Waals surface area contributed by atoms with Gasteiger partial charge >= 0.3 is 0 Å². The quantitative estimate of drug-likeness (QED) is 0.573. The fraction of sp³-hybridized carbons (Fsp3) is 0.250. The zero-order valence-corrected chi connectivity index (χ0v) is 8.41. The van der Waals surface area contributed by atoms with Crippen molar-refractivity contribution in [3.63, 3.8) is 0 Å². The smallest absolute Gasteiger partial charge is 0.269 e. The van der Waals surface area contributed by atoms with E-state index in [1.165, 1.54) is 19.2 Å². The average Bonchev–Trinajstić information content (AvgIpc) is 2.06. The number of hydrogen-bond acceptors (Lipinski definition) is 4. The summed E-state index contributed by atoms with van der Waals surface area (Å²) in [6.07, 6.45) is 0. The van der Waals surface area contributed by atoms with Crippen LogP contribution in [0.3, 0.4) is 0 Å². The predicted octanol–water partition coefficient (Wildman–Crippen LogP) is 0.665. The highest BCUT2D eigenvalue weighted by atomic mass is 32.2. The molecule has 6 heteroatoms. The molecule has 0 radical (unpaired) electrons. The van der Waals surface area contributed by atoms with Crippen LogP contribution in [0.2, 0.25) is 0 Å². The van der Waals surface area contributed by atoms with E-state index in [2.05, 4.69) is 0 Å². The lowest BCUT2D eigenvalue weighted by molar-refractivity contribution is 0.410. The zero-order chi connectivity index (χ0) is 10.8. The van der Waals surface area contributed by atoms with Crippen LogP contribution in [0, 0.1) is 0 Å². The number of methoxy groups -OCH3 is 1. The fourth-order valence-corrected chi connectivity index (χ4v) is 1.71. The lowest BCUT2D eigenvalue weighted by Crippen LogP contribution is -2.03. The number of rotatable bonds is 3. The molecular weight excluding hydrogens is 206 g/mol. The Labute approximate surface area is 82.2 Å². The monoisotopic (exact) mass is 217 g/mol. The maximum absolute atomic E-state index is 10.6. The molecule has 0 spiro atoms. The first-order chi connectivity index (χ1) is 6.42. The Morgan fingerprint density at radius 1 is 1.50 bits per heavy atom. The molecule has 0 saturated carbocycles. The van der Waals surface area contributed by atoms with Gasteiger partial charge in [-0.05, 0) is 6.07 Å². The fourth-order valence-electron chi connectivity index (χ4n) is 1.08. The minimum atomic E-state index is -4.04. The molecule has 0 bridgehead atoms. The molecular formula is C8H11NO4S. The minimum Gasteiger partial charge on any atom is -0.496 e. The van der Waals surface area contributed by atoms with E-state index in [1.807, 2.05) is 0 Å². The highest BCUT2D eigenvalue weighted by Gasteiger charge is 2.11. The van der Waals surface area contributed by atoms with Crippen molar-refractivity contribution >= 4 is 15.8 Å². The number of hydrogen-bond donors (Lipinski definition) is 2. The van der Waals surface area contributed by atoms with Crippen LogP contribution in [0.4, 0.5) is 5.69 Å². The SMILES string of the molecule is COc1cc(N)ccc1CS(=O)(=O)O. The molecule has 78 valence electrons. The predicted molar refractivity (Wildman–Crippen MR) is 52.7 cm³/mol. The van der Waals surface area contributed by atoms with Crippen molar-refractivity contribution in [1.29, 1.82) is 0 Å². The number of nitrogens with two attached hydrogens (primary N) is 1. The highest BCUT2D eigenvalue weighted by molar-refractivity contribution is 7.85. The summed E-state index contributed by atoms with van der Waals surface area (Å²) in [6.45, 7) is 0. The summed E-state index contributed by atoms with van der Waals surface area (Å²) in [5.41, 5.74) is 6.33. The maximum Gasteiger partial charge on any atom is 0.269 e. The van der Waals surface area contributed by atoms with Gasteiger partial charge in [-0.25, -0.2) is 0 Å². The van der Waals surface area contributed by atoms with Gasteiger partial charge in [0.15, 0.2) is 0 Å². The van der Waals surface area contributed by atoms with Crippen LogP contribution in [0.15, 0.2) is 18.2 Å². The summed E-state index contributed by atoms with van der Waals surface area (Å²) in [4.78, 5) is 0. The molecule has 0 saturated heterocycles. The van der Waals surface area contributed by atoms with Gasteiger partial charge in [-0.2, -0.15) is 8.42 Å². The van der Waals surface area contributed by atoms with Gasteiger partial charge < -0.3 is 10.5 Å². The third kappa shape index (κ3) is 2.90. The van der Waals surface area contributed by atoms with Crippen LogP contribution in [0.1, 0.15) is 5.56 Å². The van der Waals surface area contributed by atoms with Gasteiger partial charge in [0.1, 0.15) is 11.5 Å². The Kier molecular flexibility index (Phi) is 2.97. The highest BCUT2D eigenvalue weighted by Crippen LogP contribution is 2.22. The largest absolute Gasteiger partial charge is 0.496 e. The molecule has 0 aliphatic carbocycles. The van der Waals surface area contributed by atoms with Gasteiger partial charge in [0.05, 0.1) is 7.11 Å². The Balaban J connectivity index is 3.09. The molecule has 0 aliphatic rings. The third-order valence-electron chi connectivity index (χ3n) is 1.65.